The molecule has 0 bridgehead atoms. The van der Waals surface area contributed by atoms with Crippen LogP contribution in [0.15, 0.2) is 20.7 Å². The molecule has 0 aromatic heterocycles. The van der Waals surface area contributed by atoms with Gasteiger partial charge in [-0.15, -0.1) is 5.26 Å². The fraction of sp³-hybridized carbons (Fsp3) is 0. The monoisotopic (exact) mass is 94.0 g/mol. The van der Waals surface area contributed by atoms with Gasteiger partial charge in [0.15, 0.2) is 0 Å². The van der Waals surface area contributed by atoms with E-state index in [0.29, 0.717) is 0 Å². The molecule has 0 saturated carbocycles. The van der Waals surface area contributed by atoms with Crippen molar-refractivity contribution in [1.29, 1.82) is 5.26 Å². The van der Waals surface area contributed by atoms with E-state index in [9.17, 15) is 0 Å². The van der Waals surface area contributed by atoms with Crippen LogP contribution in [0.4, 0.5) is 0 Å². The molecular weight excluding hydrogens is 94.1 g/mol. The first-order valence-electron chi connectivity index (χ1n) is 1.52. The molecule has 0 fully saturated rings. The predicted molar refractivity (Wildman–Crippen MR) is 18.6 cm³/mol. The molecule has 0 aromatic rings. The van der Waals surface area contributed by atoms with Gasteiger partial charge in [-0.3, -0.25) is 0 Å². The number of nitriles is 1. The first-order valence-corrected chi connectivity index (χ1v) is 1.52. The van der Waals surface area contributed by atoms with E-state index in [2.05, 4.69) is 20.7 Å². The molecule has 1 aliphatic rings. The van der Waals surface area contributed by atoms with Gasteiger partial charge in [-0.25, -0.2) is 0 Å². The summed E-state index contributed by atoms with van der Waals surface area (Å²) in [6.07, 6.45) is 0.0139. The highest BCUT2D eigenvalue weighted by atomic mass is 15.6. The number of hydrogen-bond acceptors (Lipinski definition) is 5. The van der Waals surface area contributed by atoms with Gasteiger partial charge in [-0.1, -0.05) is 0 Å². The van der Waals surface area contributed by atoms with Crippen LogP contribution >= 0.6 is 0 Å². The van der Waals surface area contributed by atoms with Crippen molar-refractivity contribution < 1.29 is 0 Å². The van der Waals surface area contributed by atoms with E-state index in [4.69, 9.17) is 5.26 Å². The first kappa shape index (κ1) is 3.74. The molecule has 0 unspecified atom stereocenters. The second-order valence-electron chi connectivity index (χ2n) is 0.814. The number of hydrogen-bond donors (Lipinski definition) is 0. The zero-order valence-corrected chi connectivity index (χ0v) is 3.24. The van der Waals surface area contributed by atoms with E-state index in [1.807, 2.05) is 0 Å². The summed E-state index contributed by atoms with van der Waals surface area (Å²) in [4.78, 5) is 0. The van der Waals surface area contributed by atoms with Gasteiger partial charge < -0.3 is 0 Å². The molecule has 5 heteroatoms. The molecule has 7 heavy (non-hydrogen) atoms. The summed E-state index contributed by atoms with van der Waals surface area (Å²) >= 11 is 0. The van der Waals surface area contributed by atoms with E-state index >= 15 is 0 Å². The number of rotatable bonds is 0. The minimum atomic E-state index is 0.0139. The Labute approximate surface area is 39.4 Å². The van der Waals surface area contributed by atoms with Crippen molar-refractivity contribution in [2.45, 2.75) is 0 Å². The van der Waals surface area contributed by atoms with Gasteiger partial charge in [0.1, 0.15) is 10.2 Å². The van der Waals surface area contributed by atoms with Crippen LogP contribution in [0.2, 0.25) is 0 Å². The van der Waals surface area contributed by atoms with Crippen molar-refractivity contribution in [3.63, 3.8) is 0 Å². The Morgan fingerprint density at radius 3 is 2.14 bits per heavy atom. The van der Waals surface area contributed by atoms with Gasteiger partial charge in [0, 0.05) is 10.4 Å². The van der Waals surface area contributed by atoms with Crippen molar-refractivity contribution in [3.8, 4) is 6.07 Å². The normalized spacial score (nSPS) is 15.0. The molecule has 0 atom stereocenters. The third-order valence-corrected chi connectivity index (χ3v) is 0.419. The lowest BCUT2D eigenvalue weighted by atomic mass is 10.6. The Balaban J connectivity index is 2.65. The molecule has 0 amide bonds. The predicted octanol–water partition coefficient (Wildman–Crippen LogP) is 0.832. The van der Waals surface area contributed by atoms with Crippen LogP contribution in [-0.4, -0.2) is 0 Å². The second kappa shape index (κ2) is 1.34. The van der Waals surface area contributed by atoms with Crippen molar-refractivity contribution in [3.05, 3.63) is 6.17 Å². The van der Waals surface area contributed by atoms with Crippen molar-refractivity contribution >= 4 is 0 Å². The molecular formula is C2N5+. The summed E-state index contributed by atoms with van der Waals surface area (Å²) in [7, 11) is 0. The van der Waals surface area contributed by atoms with Gasteiger partial charge in [0.2, 0.25) is 0 Å². The molecule has 0 aliphatic carbocycles. The zero-order valence-electron chi connectivity index (χ0n) is 3.24. The van der Waals surface area contributed by atoms with Gasteiger partial charge in [-0.2, -0.15) is 0 Å². The first-order chi connectivity index (χ1) is 3.43. The van der Waals surface area contributed by atoms with Crippen LogP contribution in [0.1, 0.15) is 0 Å². The molecule has 0 N–H and O–H groups in total. The highest BCUT2D eigenvalue weighted by Crippen LogP contribution is 2.09. The smallest absolute Gasteiger partial charge is 0.136 e. The maximum Gasteiger partial charge on any atom is 0.518 e. The summed E-state index contributed by atoms with van der Waals surface area (Å²) in [6.45, 7) is 0. The largest absolute Gasteiger partial charge is 0.518 e. The lowest BCUT2D eigenvalue weighted by molar-refractivity contribution is 1.06. The second-order valence-corrected chi connectivity index (χ2v) is 0.814. The molecule has 32 valence electrons. The van der Waals surface area contributed by atoms with Crippen molar-refractivity contribution in [1.82, 2.24) is 0 Å². The van der Waals surface area contributed by atoms with Crippen LogP contribution < -0.4 is 0 Å². The van der Waals surface area contributed by atoms with E-state index in [1.54, 1.807) is 6.07 Å². The van der Waals surface area contributed by atoms with Crippen LogP contribution in [0, 0.1) is 17.5 Å². The highest BCUT2D eigenvalue weighted by molar-refractivity contribution is 5.05. The van der Waals surface area contributed by atoms with Crippen LogP contribution in [-0.2, 0) is 0 Å². The van der Waals surface area contributed by atoms with Gasteiger partial charge in [0.25, 0.3) is 0 Å². The van der Waals surface area contributed by atoms with Gasteiger partial charge >= 0.3 is 12.2 Å². The third-order valence-electron chi connectivity index (χ3n) is 0.419. The molecule has 1 heterocycles. The maximum atomic E-state index is 7.97. The topological polar surface area (TPSA) is 73.2 Å². The molecule has 1 rings (SSSR count). The van der Waals surface area contributed by atoms with E-state index in [-0.39, 0.29) is 6.17 Å². The Kier molecular flexibility index (Phi) is 0.717. The van der Waals surface area contributed by atoms with Crippen LogP contribution in [0.25, 0.3) is 0 Å². The molecule has 0 radical (unpaired) electrons. The minimum Gasteiger partial charge on any atom is -0.136 e. The lowest BCUT2D eigenvalue weighted by Gasteiger charge is -1.51. The summed E-state index contributed by atoms with van der Waals surface area (Å²) in [5.74, 6) is 0. The zero-order chi connectivity index (χ0) is 5.11. The Hall–Kier alpha value is -1.44. The average Bonchev–Trinajstić information content (AvgIpc) is 2.14. The molecule has 0 aromatic carbocycles. The fourth-order valence-electron chi connectivity index (χ4n) is 0.189. The van der Waals surface area contributed by atoms with E-state index in [0.717, 1.165) is 0 Å². The summed E-state index contributed by atoms with van der Waals surface area (Å²) < 4.78 is 0. The Bertz CT molecular complexity index is 138. The molecule has 5 nitrogen and oxygen atoms in total. The highest BCUT2D eigenvalue weighted by Gasteiger charge is 2.25. The van der Waals surface area contributed by atoms with Crippen LogP contribution in [0.5, 0.6) is 0 Å². The molecule has 0 spiro atoms. The average molecular weight is 94.1 g/mol. The SMILES string of the molecule is N#C[C+]1N=NN=N1. The van der Waals surface area contributed by atoms with E-state index in [1.165, 1.54) is 0 Å². The Morgan fingerprint density at radius 1 is 1.29 bits per heavy atom. The molecule has 1 aliphatic heterocycles. The molecule has 0 saturated heterocycles. The van der Waals surface area contributed by atoms with Gasteiger partial charge in [0.05, 0.1) is 0 Å². The Morgan fingerprint density at radius 2 is 1.86 bits per heavy atom. The number of nitrogens with zero attached hydrogens (tertiary/aromatic N) is 5. The fourth-order valence-corrected chi connectivity index (χ4v) is 0.189. The quantitative estimate of drug-likeness (QED) is 0.409. The summed E-state index contributed by atoms with van der Waals surface area (Å²) in [6, 6.07) is 1.66. The minimum absolute atomic E-state index is 0.0139. The summed E-state index contributed by atoms with van der Waals surface area (Å²) in [5, 5.41) is 20.5. The van der Waals surface area contributed by atoms with Crippen molar-refractivity contribution in [2.75, 3.05) is 0 Å². The maximum absolute atomic E-state index is 7.97. The third kappa shape index (κ3) is 0.523. The lowest BCUT2D eigenvalue weighted by Crippen LogP contribution is -1.72. The van der Waals surface area contributed by atoms with E-state index < -0.39 is 0 Å². The summed E-state index contributed by atoms with van der Waals surface area (Å²) in [5.41, 5.74) is 0. The standard InChI is InChI=1S/C2N5/c3-1-2-4-6-7-5-2/q+1. The van der Waals surface area contributed by atoms with Gasteiger partial charge in [-0.05, 0) is 0 Å². The van der Waals surface area contributed by atoms with Crippen LogP contribution in [0.3, 0.4) is 0 Å². The van der Waals surface area contributed by atoms with Crippen molar-refractivity contribution in [2.24, 2.45) is 20.7 Å².